The molecule has 0 spiro atoms. The summed E-state index contributed by atoms with van der Waals surface area (Å²) in [6, 6.07) is 8.29. The fraction of sp³-hybridized carbons (Fsp3) is 0.500. The largest absolute Gasteiger partial charge is 0.356 e. The Morgan fingerprint density at radius 1 is 1.53 bits per heavy atom. The lowest BCUT2D eigenvalue weighted by Crippen LogP contribution is -2.52. The van der Waals surface area contributed by atoms with Gasteiger partial charge in [0.1, 0.15) is 6.04 Å². The van der Waals surface area contributed by atoms with Crippen molar-refractivity contribution in [1.29, 1.82) is 0 Å². The maximum absolute atomic E-state index is 12.2. The first-order valence-electron chi connectivity index (χ1n) is 6.59. The molecule has 2 N–H and O–H groups in total. The molecule has 1 aromatic carbocycles. The van der Waals surface area contributed by atoms with E-state index in [0.29, 0.717) is 12.6 Å². The van der Waals surface area contributed by atoms with Gasteiger partial charge >= 0.3 is 0 Å². The van der Waals surface area contributed by atoms with E-state index in [-0.39, 0.29) is 11.9 Å². The third kappa shape index (κ3) is 3.28. The van der Waals surface area contributed by atoms with E-state index in [4.69, 9.17) is 0 Å². The van der Waals surface area contributed by atoms with Crippen molar-refractivity contribution in [2.45, 2.75) is 25.4 Å². The maximum Gasteiger partial charge on any atom is 0.244 e. The van der Waals surface area contributed by atoms with Gasteiger partial charge in [0.2, 0.25) is 5.91 Å². The summed E-state index contributed by atoms with van der Waals surface area (Å²) in [5.74, 6) is 0.0960. The van der Waals surface area contributed by atoms with E-state index in [1.54, 1.807) is 0 Å². The summed E-state index contributed by atoms with van der Waals surface area (Å²) in [7, 11) is 1.88. The normalized spacial score (nSPS) is 23.9. The summed E-state index contributed by atoms with van der Waals surface area (Å²) in [6.45, 7) is 3.55. The maximum atomic E-state index is 12.2. The summed E-state index contributed by atoms with van der Waals surface area (Å²) in [5, 5.41) is 6.11. The zero-order valence-corrected chi connectivity index (χ0v) is 12.9. The van der Waals surface area contributed by atoms with Gasteiger partial charge in [-0.15, -0.1) is 0 Å². The van der Waals surface area contributed by atoms with E-state index in [2.05, 4.69) is 50.5 Å². The van der Waals surface area contributed by atoms with Crippen LogP contribution in [0.2, 0.25) is 0 Å². The molecule has 1 fully saturated rings. The Kier molecular flexibility index (Phi) is 4.82. The van der Waals surface area contributed by atoms with Crippen molar-refractivity contribution in [3.63, 3.8) is 0 Å². The number of anilines is 1. The van der Waals surface area contributed by atoms with Crippen molar-refractivity contribution in [3.05, 3.63) is 28.7 Å². The van der Waals surface area contributed by atoms with Crippen LogP contribution < -0.4 is 15.5 Å². The highest BCUT2D eigenvalue weighted by molar-refractivity contribution is 9.10. The van der Waals surface area contributed by atoms with Crippen LogP contribution in [0.25, 0.3) is 0 Å². The number of rotatable bonds is 3. The molecule has 4 nitrogen and oxygen atoms in total. The number of hydrogen-bond donors (Lipinski definition) is 2. The highest BCUT2D eigenvalue weighted by atomic mass is 79.9. The van der Waals surface area contributed by atoms with E-state index in [1.165, 1.54) is 0 Å². The predicted molar refractivity (Wildman–Crippen MR) is 81.4 cm³/mol. The van der Waals surface area contributed by atoms with Crippen LogP contribution in [0.3, 0.4) is 0 Å². The lowest BCUT2D eigenvalue weighted by atomic mass is 10.1. The van der Waals surface area contributed by atoms with Gasteiger partial charge in [-0.25, -0.2) is 0 Å². The number of carbonyl (C=O) groups is 1. The zero-order valence-electron chi connectivity index (χ0n) is 11.3. The fourth-order valence-electron chi connectivity index (χ4n) is 2.55. The molecule has 1 amide bonds. The number of halogens is 1. The molecule has 0 bridgehead atoms. The summed E-state index contributed by atoms with van der Waals surface area (Å²) in [6.07, 6.45) is 0.957. The Hall–Kier alpha value is -1.07. The van der Waals surface area contributed by atoms with Crippen molar-refractivity contribution in [1.82, 2.24) is 10.6 Å². The first kappa shape index (κ1) is 14.3. The fourth-order valence-corrected chi connectivity index (χ4v) is 2.94. The Balaban J connectivity index is 2.37. The van der Waals surface area contributed by atoms with Gasteiger partial charge < -0.3 is 15.5 Å². The van der Waals surface area contributed by atoms with Crippen LogP contribution in [0.15, 0.2) is 28.7 Å². The summed E-state index contributed by atoms with van der Waals surface area (Å²) < 4.78 is 1.03. The van der Waals surface area contributed by atoms with Crippen molar-refractivity contribution >= 4 is 27.5 Å². The van der Waals surface area contributed by atoms with Crippen LogP contribution in [-0.4, -0.2) is 38.1 Å². The second kappa shape index (κ2) is 6.39. The summed E-state index contributed by atoms with van der Waals surface area (Å²) >= 11 is 3.50. The zero-order chi connectivity index (χ0) is 13.8. The topological polar surface area (TPSA) is 44.4 Å². The lowest BCUT2D eigenvalue weighted by molar-refractivity contribution is -0.121. The van der Waals surface area contributed by atoms with E-state index >= 15 is 0 Å². The number of amides is 1. The molecular formula is C14H20BrN3O. The summed E-state index contributed by atoms with van der Waals surface area (Å²) in [5.41, 5.74) is 1.08. The molecule has 2 unspecified atom stereocenters. The second-order valence-corrected chi connectivity index (χ2v) is 5.81. The minimum absolute atomic E-state index is 0.0960. The van der Waals surface area contributed by atoms with Crippen LogP contribution in [0.1, 0.15) is 13.3 Å². The molecule has 0 radical (unpaired) electrons. The molecule has 1 aliphatic rings. The predicted octanol–water partition coefficient (Wildman–Crippen LogP) is 1.75. The van der Waals surface area contributed by atoms with Crippen LogP contribution in [0, 0.1) is 0 Å². The Bertz CT molecular complexity index is 452. The molecule has 1 aliphatic heterocycles. The van der Waals surface area contributed by atoms with Gasteiger partial charge in [-0.05, 0) is 38.6 Å². The van der Waals surface area contributed by atoms with Gasteiger partial charge in [0.15, 0.2) is 0 Å². The second-order valence-electron chi connectivity index (χ2n) is 4.89. The summed E-state index contributed by atoms with van der Waals surface area (Å²) in [4.78, 5) is 14.4. The quantitative estimate of drug-likeness (QED) is 0.890. The van der Waals surface area contributed by atoms with Gasteiger partial charge in [-0.1, -0.05) is 22.0 Å². The van der Waals surface area contributed by atoms with Crippen molar-refractivity contribution < 1.29 is 4.79 Å². The molecule has 0 aromatic heterocycles. The van der Waals surface area contributed by atoms with E-state index in [1.807, 2.05) is 19.2 Å². The van der Waals surface area contributed by atoms with Crippen molar-refractivity contribution in [2.24, 2.45) is 0 Å². The van der Waals surface area contributed by atoms with Gasteiger partial charge in [-0.2, -0.15) is 0 Å². The number of nitrogens with zero attached hydrogens (tertiary/aromatic N) is 1. The molecule has 5 heteroatoms. The molecule has 1 aromatic rings. The van der Waals surface area contributed by atoms with Crippen LogP contribution in [-0.2, 0) is 4.79 Å². The first-order chi connectivity index (χ1) is 9.13. The van der Waals surface area contributed by atoms with Crippen molar-refractivity contribution in [2.75, 3.05) is 25.0 Å². The standard InChI is InChI=1S/C14H20BrN3O/c1-10-6-7-17-14(19)13(9-16-2)18(10)12-5-3-4-11(15)8-12/h3-5,8,10,13,16H,6-7,9H2,1-2H3,(H,17,19). The molecule has 2 rings (SSSR count). The molecule has 104 valence electrons. The van der Waals surface area contributed by atoms with E-state index in [9.17, 15) is 4.79 Å². The highest BCUT2D eigenvalue weighted by Crippen LogP contribution is 2.26. The number of hydrogen-bond acceptors (Lipinski definition) is 3. The third-order valence-corrected chi connectivity index (χ3v) is 3.97. The molecule has 1 heterocycles. The minimum atomic E-state index is -0.170. The van der Waals surface area contributed by atoms with Gasteiger partial charge in [0.25, 0.3) is 0 Å². The van der Waals surface area contributed by atoms with Gasteiger partial charge in [0.05, 0.1) is 0 Å². The molecule has 1 saturated heterocycles. The number of benzene rings is 1. The monoisotopic (exact) mass is 325 g/mol. The molecule has 0 aliphatic carbocycles. The number of nitrogens with one attached hydrogen (secondary N) is 2. The smallest absolute Gasteiger partial charge is 0.244 e. The average Bonchev–Trinajstić information content (AvgIpc) is 2.50. The van der Waals surface area contributed by atoms with E-state index in [0.717, 1.165) is 23.1 Å². The SMILES string of the molecule is CNCC1C(=O)NCCC(C)N1c1cccc(Br)c1. The van der Waals surface area contributed by atoms with Crippen LogP contribution in [0.4, 0.5) is 5.69 Å². The number of likely N-dealkylation sites (N-methyl/N-ethyl adjacent to an activating group) is 1. The Labute approximate surface area is 122 Å². The van der Waals surface area contributed by atoms with Crippen LogP contribution in [0.5, 0.6) is 0 Å². The van der Waals surface area contributed by atoms with Gasteiger partial charge in [-0.3, -0.25) is 4.79 Å². The molecule has 2 atom stereocenters. The molecule has 19 heavy (non-hydrogen) atoms. The molecule has 0 saturated carbocycles. The Morgan fingerprint density at radius 3 is 3.00 bits per heavy atom. The molecular weight excluding hydrogens is 306 g/mol. The average molecular weight is 326 g/mol. The van der Waals surface area contributed by atoms with E-state index < -0.39 is 0 Å². The Morgan fingerprint density at radius 2 is 2.32 bits per heavy atom. The first-order valence-corrected chi connectivity index (χ1v) is 7.39. The highest BCUT2D eigenvalue weighted by Gasteiger charge is 2.31. The van der Waals surface area contributed by atoms with Crippen LogP contribution >= 0.6 is 15.9 Å². The minimum Gasteiger partial charge on any atom is -0.356 e. The lowest BCUT2D eigenvalue weighted by Gasteiger charge is -2.35. The number of carbonyl (C=O) groups excluding carboxylic acids is 1. The van der Waals surface area contributed by atoms with Gasteiger partial charge in [0, 0.05) is 29.3 Å². The van der Waals surface area contributed by atoms with Crippen molar-refractivity contribution in [3.8, 4) is 0 Å². The third-order valence-electron chi connectivity index (χ3n) is 3.48.